The normalized spacial score (nSPS) is 10.6. The van der Waals surface area contributed by atoms with Crippen LogP contribution >= 0.6 is 11.3 Å². The quantitative estimate of drug-likeness (QED) is 0.774. The summed E-state index contributed by atoms with van der Waals surface area (Å²) in [4.78, 5) is 21.0. The van der Waals surface area contributed by atoms with Crippen LogP contribution in [-0.4, -0.2) is 35.9 Å². The molecule has 0 unspecified atom stereocenters. The van der Waals surface area contributed by atoms with Crippen LogP contribution in [0.5, 0.6) is 0 Å². The van der Waals surface area contributed by atoms with Crippen molar-refractivity contribution in [2.45, 2.75) is 33.7 Å². The molecule has 5 heteroatoms. The number of aryl methyl sites for hydroxylation is 1. The molecule has 1 aromatic heterocycles. The number of rotatable bonds is 7. The van der Waals surface area contributed by atoms with Crippen LogP contribution < -0.4 is 4.90 Å². The van der Waals surface area contributed by atoms with E-state index < -0.39 is 0 Å². The summed E-state index contributed by atoms with van der Waals surface area (Å²) in [6.07, 6.45) is 0.940. The molecule has 0 aliphatic heterocycles. The van der Waals surface area contributed by atoms with E-state index >= 15 is 0 Å². The van der Waals surface area contributed by atoms with Gasteiger partial charge in [-0.05, 0) is 44.5 Å². The Balaban J connectivity index is 2.04. The third-order valence-corrected chi connectivity index (χ3v) is 4.93. The fourth-order valence-electron chi connectivity index (χ4n) is 2.52. The highest BCUT2D eigenvalue weighted by Crippen LogP contribution is 2.17. The fourth-order valence-corrected chi connectivity index (χ4v) is 3.26. The van der Waals surface area contributed by atoms with Crippen LogP contribution in [0.15, 0.2) is 29.6 Å². The third kappa shape index (κ3) is 4.32. The predicted molar refractivity (Wildman–Crippen MR) is 97.3 cm³/mol. The van der Waals surface area contributed by atoms with Crippen molar-refractivity contribution in [3.63, 3.8) is 0 Å². The SMILES string of the molecule is CCc1nc(CN(C)C(=O)c2ccc(N(CC)CC)cc2)cs1. The van der Waals surface area contributed by atoms with Crippen molar-refractivity contribution in [1.29, 1.82) is 0 Å². The van der Waals surface area contributed by atoms with E-state index in [4.69, 9.17) is 0 Å². The van der Waals surface area contributed by atoms with Crippen molar-refractivity contribution in [3.8, 4) is 0 Å². The zero-order chi connectivity index (χ0) is 16.8. The lowest BCUT2D eigenvalue weighted by Crippen LogP contribution is -2.26. The number of carbonyl (C=O) groups excluding carboxylic acids is 1. The summed E-state index contributed by atoms with van der Waals surface area (Å²) in [5, 5.41) is 3.15. The molecule has 0 aliphatic rings. The Labute approximate surface area is 142 Å². The minimum atomic E-state index is 0.0298. The van der Waals surface area contributed by atoms with Gasteiger partial charge in [-0.25, -0.2) is 4.98 Å². The van der Waals surface area contributed by atoms with Crippen molar-refractivity contribution in [1.82, 2.24) is 9.88 Å². The smallest absolute Gasteiger partial charge is 0.253 e. The second-order valence-corrected chi connectivity index (χ2v) is 6.41. The number of amides is 1. The van der Waals surface area contributed by atoms with Gasteiger partial charge in [0.2, 0.25) is 0 Å². The molecule has 0 fully saturated rings. The second-order valence-electron chi connectivity index (χ2n) is 5.47. The number of benzene rings is 1. The van der Waals surface area contributed by atoms with E-state index in [2.05, 4.69) is 30.7 Å². The average molecular weight is 331 g/mol. The molecule has 0 bridgehead atoms. The lowest BCUT2D eigenvalue weighted by Gasteiger charge is -2.21. The Bertz CT molecular complexity index is 632. The van der Waals surface area contributed by atoms with Gasteiger partial charge in [-0.15, -0.1) is 11.3 Å². The molecule has 2 aromatic rings. The maximum atomic E-state index is 12.5. The summed E-state index contributed by atoms with van der Waals surface area (Å²) < 4.78 is 0. The molecule has 2 rings (SSSR count). The molecule has 0 aliphatic carbocycles. The number of thiazole rings is 1. The Hall–Kier alpha value is -1.88. The number of anilines is 1. The van der Waals surface area contributed by atoms with Gasteiger partial charge in [-0.1, -0.05) is 6.92 Å². The number of nitrogens with zero attached hydrogens (tertiary/aromatic N) is 3. The summed E-state index contributed by atoms with van der Waals surface area (Å²) in [7, 11) is 1.83. The Morgan fingerprint density at radius 2 is 1.78 bits per heavy atom. The molecule has 0 N–H and O–H groups in total. The van der Waals surface area contributed by atoms with E-state index in [1.807, 2.05) is 36.7 Å². The van der Waals surface area contributed by atoms with E-state index in [-0.39, 0.29) is 5.91 Å². The topological polar surface area (TPSA) is 36.4 Å². The molecule has 124 valence electrons. The first kappa shape index (κ1) is 17.5. The first-order valence-corrected chi connectivity index (χ1v) is 9.00. The van der Waals surface area contributed by atoms with Gasteiger partial charge in [0, 0.05) is 36.8 Å². The van der Waals surface area contributed by atoms with Crippen LogP contribution in [-0.2, 0) is 13.0 Å². The van der Waals surface area contributed by atoms with Gasteiger partial charge in [0.15, 0.2) is 0 Å². The molecule has 1 heterocycles. The zero-order valence-electron chi connectivity index (χ0n) is 14.4. The summed E-state index contributed by atoms with van der Waals surface area (Å²) in [6, 6.07) is 7.86. The minimum Gasteiger partial charge on any atom is -0.372 e. The van der Waals surface area contributed by atoms with Crippen LogP contribution in [0.1, 0.15) is 41.8 Å². The van der Waals surface area contributed by atoms with Crippen LogP contribution in [0.3, 0.4) is 0 Å². The molecule has 0 radical (unpaired) electrons. The Morgan fingerprint density at radius 3 is 2.30 bits per heavy atom. The van der Waals surface area contributed by atoms with Gasteiger partial charge in [0.05, 0.1) is 17.2 Å². The van der Waals surface area contributed by atoms with Crippen molar-refractivity contribution in [2.75, 3.05) is 25.0 Å². The molecule has 23 heavy (non-hydrogen) atoms. The van der Waals surface area contributed by atoms with Gasteiger partial charge >= 0.3 is 0 Å². The van der Waals surface area contributed by atoms with Crippen molar-refractivity contribution in [2.24, 2.45) is 0 Å². The van der Waals surface area contributed by atoms with Crippen LogP contribution in [0.25, 0.3) is 0 Å². The summed E-state index contributed by atoms with van der Waals surface area (Å²) >= 11 is 1.65. The molecule has 0 atom stereocenters. The zero-order valence-corrected chi connectivity index (χ0v) is 15.2. The van der Waals surface area contributed by atoms with E-state index in [0.717, 1.165) is 35.9 Å². The van der Waals surface area contributed by atoms with Gasteiger partial charge in [0.25, 0.3) is 5.91 Å². The van der Waals surface area contributed by atoms with E-state index in [1.165, 1.54) is 0 Å². The highest BCUT2D eigenvalue weighted by atomic mass is 32.1. The van der Waals surface area contributed by atoms with Crippen LogP contribution in [0, 0.1) is 0 Å². The number of hydrogen-bond donors (Lipinski definition) is 0. The maximum absolute atomic E-state index is 12.5. The summed E-state index contributed by atoms with van der Waals surface area (Å²) in [6.45, 7) is 8.84. The van der Waals surface area contributed by atoms with Gasteiger partial charge in [-0.3, -0.25) is 4.79 Å². The molecule has 1 amide bonds. The minimum absolute atomic E-state index is 0.0298. The van der Waals surface area contributed by atoms with Crippen molar-refractivity contribution >= 4 is 22.9 Å². The number of hydrogen-bond acceptors (Lipinski definition) is 4. The first-order chi connectivity index (χ1) is 11.1. The monoisotopic (exact) mass is 331 g/mol. The second kappa shape index (κ2) is 8.11. The van der Waals surface area contributed by atoms with Crippen molar-refractivity contribution < 1.29 is 4.79 Å². The maximum Gasteiger partial charge on any atom is 0.253 e. The van der Waals surface area contributed by atoms with E-state index in [1.54, 1.807) is 16.2 Å². The summed E-state index contributed by atoms with van der Waals surface area (Å²) in [5.74, 6) is 0.0298. The standard InChI is InChI=1S/C18H25N3OS/c1-5-17-19-15(13-23-17)12-20(4)18(22)14-8-10-16(11-9-14)21(6-2)7-3/h8-11,13H,5-7,12H2,1-4H3. The lowest BCUT2D eigenvalue weighted by molar-refractivity contribution is 0.0783. The molecule has 1 aromatic carbocycles. The van der Waals surface area contributed by atoms with Gasteiger partial charge in [0.1, 0.15) is 0 Å². The molecule has 0 saturated carbocycles. The molecule has 0 spiro atoms. The van der Waals surface area contributed by atoms with Crippen LogP contribution in [0.4, 0.5) is 5.69 Å². The molecular formula is C18H25N3OS. The molecule has 0 saturated heterocycles. The largest absolute Gasteiger partial charge is 0.372 e. The van der Waals surface area contributed by atoms with E-state index in [0.29, 0.717) is 12.1 Å². The van der Waals surface area contributed by atoms with Gasteiger partial charge in [-0.2, -0.15) is 0 Å². The fraction of sp³-hybridized carbons (Fsp3) is 0.444. The first-order valence-electron chi connectivity index (χ1n) is 8.12. The molecule has 4 nitrogen and oxygen atoms in total. The van der Waals surface area contributed by atoms with Crippen LogP contribution in [0.2, 0.25) is 0 Å². The van der Waals surface area contributed by atoms with Crippen molar-refractivity contribution in [3.05, 3.63) is 45.9 Å². The highest BCUT2D eigenvalue weighted by Gasteiger charge is 2.14. The lowest BCUT2D eigenvalue weighted by atomic mass is 10.1. The average Bonchev–Trinajstić information content (AvgIpc) is 3.03. The third-order valence-electron chi connectivity index (χ3n) is 3.89. The summed E-state index contributed by atoms with van der Waals surface area (Å²) in [5.41, 5.74) is 2.83. The van der Waals surface area contributed by atoms with E-state index in [9.17, 15) is 4.79 Å². The Morgan fingerprint density at radius 1 is 1.13 bits per heavy atom. The van der Waals surface area contributed by atoms with Gasteiger partial charge < -0.3 is 9.80 Å². The Kier molecular flexibility index (Phi) is 6.16. The highest BCUT2D eigenvalue weighted by molar-refractivity contribution is 7.09. The number of aromatic nitrogens is 1. The molecular weight excluding hydrogens is 306 g/mol. The number of carbonyl (C=O) groups is 1. The predicted octanol–water partition coefficient (Wildman–Crippen LogP) is 3.82.